The molecule has 0 aliphatic heterocycles. The molecule has 6 heteroatoms. The van der Waals surface area contributed by atoms with Gasteiger partial charge in [-0.1, -0.05) is 24.6 Å². The highest BCUT2D eigenvalue weighted by Gasteiger charge is 2.10. The molecule has 1 amide bonds. The lowest BCUT2D eigenvalue weighted by atomic mass is 10.1. The Labute approximate surface area is 127 Å². The highest BCUT2D eigenvalue weighted by atomic mass is 16.4. The lowest BCUT2D eigenvalue weighted by Crippen LogP contribution is -2.26. The van der Waals surface area contributed by atoms with Crippen molar-refractivity contribution >= 4 is 22.8 Å². The first-order valence-electron chi connectivity index (χ1n) is 7.20. The molecule has 3 N–H and O–H groups in total. The van der Waals surface area contributed by atoms with Crippen LogP contribution in [-0.2, 0) is 4.79 Å². The van der Waals surface area contributed by atoms with Crippen LogP contribution in [0.3, 0.4) is 0 Å². The van der Waals surface area contributed by atoms with Gasteiger partial charge >= 0.3 is 5.97 Å². The van der Waals surface area contributed by atoms with E-state index in [9.17, 15) is 14.4 Å². The second-order valence-electron chi connectivity index (χ2n) is 5.05. The summed E-state index contributed by atoms with van der Waals surface area (Å²) in [6.07, 6.45) is 2.19. The van der Waals surface area contributed by atoms with Crippen molar-refractivity contribution in [2.45, 2.75) is 25.7 Å². The number of rotatable bonds is 7. The number of aromatic amines is 1. The number of carbonyl (C=O) groups is 2. The second kappa shape index (κ2) is 7.40. The quantitative estimate of drug-likeness (QED) is 0.680. The van der Waals surface area contributed by atoms with E-state index in [2.05, 4.69) is 10.3 Å². The molecule has 0 saturated carbocycles. The number of carbonyl (C=O) groups excluding carboxylic acids is 1. The van der Waals surface area contributed by atoms with Crippen LogP contribution in [0.25, 0.3) is 10.9 Å². The van der Waals surface area contributed by atoms with Gasteiger partial charge < -0.3 is 15.4 Å². The second-order valence-corrected chi connectivity index (χ2v) is 5.05. The highest BCUT2D eigenvalue weighted by Crippen LogP contribution is 2.14. The first-order valence-corrected chi connectivity index (χ1v) is 7.20. The summed E-state index contributed by atoms with van der Waals surface area (Å²) in [7, 11) is 0. The number of H-pyrrole nitrogens is 1. The smallest absolute Gasteiger partial charge is 0.303 e. The predicted octanol–water partition coefficient (Wildman–Crippen LogP) is 1.90. The third kappa shape index (κ3) is 4.18. The van der Waals surface area contributed by atoms with Crippen LogP contribution in [0.2, 0.25) is 0 Å². The summed E-state index contributed by atoms with van der Waals surface area (Å²) in [4.78, 5) is 36.9. The van der Waals surface area contributed by atoms with Crippen molar-refractivity contribution in [1.29, 1.82) is 0 Å². The Hall–Kier alpha value is -2.63. The van der Waals surface area contributed by atoms with Crippen LogP contribution in [-0.4, -0.2) is 28.5 Å². The zero-order valence-electron chi connectivity index (χ0n) is 12.1. The summed E-state index contributed by atoms with van der Waals surface area (Å²) >= 11 is 0. The number of unbranched alkanes of at least 4 members (excludes halogenated alkanes) is 2. The van der Waals surface area contributed by atoms with Crippen LogP contribution in [0.15, 0.2) is 35.1 Å². The van der Waals surface area contributed by atoms with E-state index < -0.39 is 5.97 Å². The van der Waals surface area contributed by atoms with Crippen molar-refractivity contribution in [1.82, 2.24) is 10.3 Å². The van der Waals surface area contributed by atoms with E-state index in [0.717, 1.165) is 6.42 Å². The number of benzene rings is 1. The molecule has 1 aromatic heterocycles. The zero-order chi connectivity index (χ0) is 15.9. The summed E-state index contributed by atoms with van der Waals surface area (Å²) in [5.74, 6) is -1.10. The Bertz CT molecular complexity index is 736. The summed E-state index contributed by atoms with van der Waals surface area (Å²) in [6.45, 7) is 0.458. The van der Waals surface area contributed by atoms with Crippen LogP contribution < -0.4 is 10.9 Å². The van der Waals surface area contributed by atoms with Crippen molar-refractivity contribution in [2.24, 2.45) is 0 Å². The lowest BCUT2D eigenvalue weighted by Gasteiger charge is -2.07. The van der Waals surface area contributed by atoms with E-state index in [1.807, 2.05) is 6.07 Å². The number of aromatic nitrogens is 1. The fraction of sp³-hybridized carbons (Fsp3) is 0.312. The van der Waals surface area contributed by atoms with Gasteiger partial charge in [-0.2, -0.15) is 0 Å². The molecule has 6 nitrogen and oxygen atoms in total. The number of nitrogens with one attached hydrogen (secondary N) is 2. The maximum absolute atomic E-state index is 12.2. The van der Waals surface area contributed by atoms with Gasteiger partial charge in [-0.3, -0.25) is 14.4 Å². The Morgan fingerprint density at radius 3 is 2.68 bits per heavy atom. The molecule has 1 heterocycles. The van der Waals surface area contributed by atoms with Gasteiger partial charge in [0.05, 0.1) is 5.56 Å². The Balaban J connectivity index is 1.96. The number of amides is 1. The van der Waals surface area contributed by atoms with Crippen molar-refractivity contribution in [3.05, 3.63) is 46.2 Å². The van der Waals surface area contributed by atoms with Crippen LogP contribution in [0.4, 0.5) is 0 Å². The predicted molar refractivity (Wildman–Crippen MR) is 83.0 cm³/mol. The molecule has 0 bridgehead atoms. The number of aliphatic carboxylic acids is 1. The lowest BCUT2D eigenvalue weighted by molar-refractivity contribution is -0.137. The molecule has 2 aromatic rings. The Morgan fingerprint density at radius 2 is 1.91 bits per heavy atom. The monoisotopic (exact) mass is 302 g/mol. The topological polar surface area (TPSA) is 99.3 Å². The van der Waals surface area contributed by atoms with Gasteiger partial charge in [0.2, 0.25) is 5.56 Å². The molecule has 22 heavy (non-hydrogen) atoms. The average Bonchev–Trinajstić information content (AvgIpc) is 2.49. The molecule has 0 radical (unpaired) electrons. The largest absolute Gasteiger partial charge is 0.481 e. The van der Waals surface area contributed by atoms with Gasteiger partial charge in [0, 0.05) is 29.9 Å². The summed E-state index contributed by atoms with van der Waals surface area (Å²) < 4.78 is 0. The van der Waals surface area contributed by atoms with Crippen molar-refractivity contribution < 1.29 is 14.7 Å². The molecule has 1 aromatic carbocycles. The third-order valence-electron chi connectivity index (χ3n) is 3.35. The number of hydrogen-bond acceptors (Lipinski definition) is 3. The molecule has 0 spiro atoms. The van der Waals surface area contributed by atoms with Gasteiger partial charge in [0.15, 0.2) is 0 Å². The van der Waals surface area contributed by atoms with Crippen molar-refractivity contribution in [2.75, 3.05) is 6.54 Å². The third-order valence-corrected chi connectivity index (χ3v) is 3.35. The van der Waals surface area contributed by atoms with Crippen LogP contribution >= 0.6 is 0 Å². The average molecular weight is 302 g/mol. The minimum Gasteiger partial charge on any atom is -0.481 e. The summed E-state index contributed by atoms with van der Waals surface area (Å²) in [5, 5.41) is 12.0. The Kier molecular flexibility index (Phi) is 5.30. The molecule has 2 rings (SSSR count). The molecule has 0 unspecified atom stereocenters. The first-order chi connectivity index (χ1) is 10.6. The number of carboxylic acids is 1. The van der Waals surface area contributed by atoms with Gasteiger partial charge in [0.25, 0.3) is 5.91 Å². The normalized spacial score (nSPS) is 10.5. The van der Waals surface area contributed by atoms with E-state index >= 15 is 0 Å². The SMILES string of the molecule is O=C(O)CCCCCNC(=O)c1cc(=O)[nH]c2ccccc12. The summed E-state index contributed by atoms with van der Waals surface area (Å²) in [6, 6.07) is 8.43. The standard InChI is InChI=1S/C16H18N2O4/c19-14-10-12(11-6-3-4-7-13(11)18-14)16(22)17-9-5-1-2-8-15(20)21/h3-4,6-7,10H,1-2,5,8-9H2,(H,17,22)(H,18,19)(H,20,21). The molecule has 0 saturated heterocycles. The number of para-hydroxylation sites is 1. The number of hydrogen-bond donors (Lipinski definition) is 3. The van der Waals surface area contributed by atoms with Crippen molar-refractivity contribution in [3.8, 4) is 0 Å². The molecule has 0 aliphatic carbocycles. The van der Waals surface area contributed by atoms with E-state index in [4.69, 9.17) is 5.11 Å². The fourth-order valence-electron chi connectivity index (χ4n) is 2.27. The molecule has 0 fully saturated rings. The van der Waals surface area contributed by atoms with Crippen molar-refractivity contribution in [3.63, 3.8) is 0 Å². The van der Waals surface area contributed by atoms with Crippen LogP contribution in [0.1, 0.15) is 36.0 Å². The van der Waals surface area contributed by atoms with Gasteiger partial charge in [-0.15, -0.1) is 0 Å². The van der Waals surface area contributed by atoms with E-state index in [0.29, 0.717) is 35.9 Å². The molecule has 116 valence electrons. The van der Waals surface area contributed by atoms with E-state index in [1.165, 1.54) is 6.07 Å². The maximum Gasteiger partial charge on any atom is 0.303 e. The number of pyridine rings is 1. The summed E-state index contributed by atoms with van der Waals surface area (Å²) in [5.41, 5.74) is 0.664. The highest BCUT2D eigenvalue weighted by molar-refractivity contribution is 6.05. The van der Waals surface area contributed by atoms with Gasteiger partial charge in [-0.05, 0) is 18.9 Å². The Morgan fingerprint density at radius 1 is 1.14 bits per heavy atom. The molecular formula is C16H18N2O4. The van der Waals surface area contributed by atoms with Crippen LogP contribution in [0, 0.1) is 0 Å². The maximum atomic E-state index is 12.2. The van der Waals surface area contributed by atoms with Crippen LogP contribution in [0.5, 0.6) is 0 Å². The van der Waals surface area contributed by atoms with Gasteiger partial charge in [-0.25, -0.2) is 0 Å². The van der Waals surface area contributed by atoms with E-state index in [1.54, 1.807) is 18.2 Å². The molecular weight excluding hydrogens is 284 g/mol. The fourth-order valence-corrected chi connectivity index (χ4v) is 2.27. The minimum absolute atomic E-state index is 0.145. The van der Waals surface area contributed by atoms with Gasteiger partial charge in [0.1, 0.15) is 0 Å². The molecule has 0 atom stereocenters. The number of carboxylic acid groups (broad SMARTS) is 1. The minimum atomic E-state index is -0.806. The van der Waals surface area contributed by atoms with E-state index in [-0.39, 0.29) is 17.9 Å². The first kappa shape index (κ1) is 15.8. The zero-order valence-corrected chi connectivity index (χ0v) is 12.1. The number of fused-ring (bicyclic) bond motifs is 1. The molecule has 0 aliphatic rings.